The van der Waals surface area contributed by atoms with Gasteiger partial charge in [0.15, 0.2) is 0 Å². The van der Waals surface area contributed by atoms with Crippen LogP contribution in [0.15, 0.2) is 11.6 Å². The van der Waals surface area contributed by atoms with Crippen molar-refractivity contribution in [3.05, 3.63) is 11.6 Å². The fourth-order valence-corrected chi connectivity index (χ4v) is 10.3. The number of aliphatic hydroxyl groups is 1. The Morgan fingerprint density at radius 1 is 1.03 bits per heavy atom. The van der Waals surface area contributed by atoms with Crippen LogP contribution in [0.3, 0.4) is 0 Å². The molecule has 4 saturated carbocycles. The van der Waals surface area contributed by atoms with Gasteiger partial charge in [0.25, 0.3) is 0 Å². The Morgan fingerprint density at radius 3 is 2.46 bits per heavy atom. The number of hydrogen-bond donors (Lipinski definition) is 2. The Bertz CT molecular complexity index is 906. The van der Waals surface area contributed by atoms with E-state index in [9.17, 15) is 19.8 Å². The van der Waals surface area contributed by atoms with Crippen molar-refractivity contribution >= 4 is 11.9 Å². The second kappa shape index (κ2) is 10.3. The predicted octanol–water partition coefficient (Wildman–Crippen LogP) is 6.44. The lowest BCUT2D eigenvalue weighted by Crippen LogP contribution is -2.50. The summed E-state index contributed by atoms with van der Waals surface area (Å²) in [5, 5.41) is 19.6. The molecule has 0 bridgehead atoms. The molecule has 0 aromatic rings. The number of fused-ring (bicyclic) bond motifs is 5. The van der Waals surface area contributed by atoms with Gasteiger partial charge in [0.1, 0.15) is 0 Å². The SMILES string of the molecule is C[C@H](CCC(=O)N(C)[C@H]1CC[C@@H](C(=O)O)CC1)[C@H]1CC[C@H]2[C@@H]3CC=C4C[C@@H](O)CC[C@]4(C)[C@H]3CC[C@]12C. The lowest BCUT2D eigenvalue weighted by Gasteiger charge is -2.58. The molecule has 4 fully saturated rings. The number of aliphatic hydroxyl groups excluding tert-OH is 1. The number of amides is 1. The highest BCUT2D eigenvalue weighted by Crippen LogP contribution is 2.67. The minimum atomic E-state index is -0.685. The Morgan fingerprint density at radius 2 is 1.76 bits per heavy atom. The molecule has 0 aromatic carbocycles. The van der Waals surface area contributed by atoms with Gasteiger partial charge in [-0.2, -0.15) is 0 Å². The van der Waals surface area contributed by atoms with Crippen LogP contribution in [-0.4, -0.2) is 46.2 Å². The van der Waals surface area contributed by atoms with Crippen LogP contribution in [0.25, 0.3) is 0 Å². The largest absolute Gasteiger partial charge is 0.481 e. The van der Waals surface area contributed by atoms with Crippen molar-refractivity contribution in [1.82, 2.24) is 4.90 Å². The van der Waals surface area contributed by atoms with Crippen LogP contribution in [-0.2, 0) is 9.59 Å². The molecule has 5 aliphatic carbocycles. The molecule has 5 heteroatoms. The van der Waals surface area contributed by atoms with Crippen LogP contribution in [0, 0.1) is 46.3 Å². The predicted molar refractivity (Wildman–Crippen MR) is 146 cm³/mol. The summed E-state index contributed by atoms with van der Waals surface area (Å²) in [5.41, 5.74) is 2.24. The lowest BCUT2D eigenvalue weighted by molar-refractivity contribution is -0.143. The molecule has 5 nitrogen and oxygen atoms in total. The van der Waals surface area contributed by atoms with Crippen molar-refractivity contribution in [3.8, 4) is 0 Å². The molecule has 37 heavy (non-hydrogen) atoms. The molecule has 8 atom stereocenters. The number of carboxylic acids is 1. The highest BCUT2D eigenvalue weighted by molar-refractivity contribution is 5.76. The maximum atomic E-state index is 13.1. The second-order valence-corrected chi connectivity index (χ2v) is 14.2. The Hall–Kier alpha value is -1.36. The molecule has 208 valence electrons. The maximum Gasteiger partial charge on any atom is 0.306 e. The summed E-state index contributed by atoms with van der Waals surface area (Å²) in [6.45, 7) is 7.50. The molecular formula is C32H51NO4. The molecule has 0 radical (unpaired) electrons. The van der Waals surface area contributed by atoms with Gasteiger partial charge in [-0.15, -0.1) is 0 Å². The topological polar surface area (TPSA) is 77.8 Å². The van der Waals surface area contributed by atoms with E-state index in [1.807, 2.05) is 11.9 Å². The zero-order chi connectivity index (χ0) is 26.5. The second-order valence-electron chi connectivity index (χ2n) is 14.2. The molecule has 0 spiro atoms. The van der Waals surface area contributed by atoms with Crippen molar-refractivity contribution in [2.45, 2.75) is 123 Å². The Balaban J connectivity index is 1.18. The summed E-state index contributed by atoms with van der Waals surface area (Å²) in [4.78, 5) is 26.3. The van der Waals surface area contributed by atoms with E-state index in [1.165, 1.54) is 32.1 Å². The number of carbonyl (C=O) groups is 2. The van der Waals surface area contributed by atoms with E-state index in [-0.39, 0.29) is 24.0 Å². The number of allylic oxidation sites excluding steroid dienone is 1. The fourth-order valence-electron chi connectivity index (χ4n) is 10.3. The van der Waals surface area contributed by atoms with Gasteiger partial charge in [-0.05, 0) is 124 Å². The normalized spacial score (nSPS) is 44.1. The van der Waals surface area contributed by atoms with Gasteiger partial charge < -0.3 is 15.1 Å². The fraction of sp³-hybridized carbons (Fsp3) is 0.875. The van der Waals surface area contributed by atoms with E-state index in [2.05, 4.69) is 26.8 Å². The number of rotatable bonds is 6. The van der Waals surface area contributed by atoms with E-state index in [1.54, 1.807) is 5.57 Å². The summed E-state index contributed by atoms with van der Waals surface area (Å²) >= 11 is 0. The van der Waals surface area contributed by atoms with Gasteiger partial charge in [0, 0.05) is 19.5 Å². The average molecular weight is 514 g/mol. The van der Waals surface area contributed by atoms with Crippen LogP contribution in [0.5, 0.6) is 0 Å². The van der Waals surface area contributed by atoms with Crippen molar-refractivity contribution in [3.63, 3.8) is 0 Å². The summed E-state index contributed by atoms with van der Waals surface area (Å²) in [7, 11) is 1.93. The van der Waals surface area contributed by atoms with Crippen LogP contribution >= 0.6 is 0 Å². The monoisotopic (exact) mass is 513 g/mol. The van der Waals surface area contributed by atoms with Gasteiger partial charge in [0.2, 0.25) is 5.91 Å². The van der Waals surface area contributed by atoms with E-state index < -0.39 is 5.97 Å². The van der Waals surface area contributed by atoms with Gasteiger partial charge in [-0.3, -0.25) is 9.59 Å². The van der Waals surface area contributed by atoms with Gasteiger partial charge in [0.05, 0.1) is 12.0 Å². The van der Waals surface area contributed by atoms with Crippen LogP contribution < -0.4 is 0 Å². The van der Waals surface area contributed by atoms with E-state index in [0.717, 1.165) is 56.3 Å². The smallest absolute Gasteiger partial charge is 0.306 e. The quantitative estimate of drug-likeness (QED) is 0.400. The molecule has 0 unspecified atom stereocenters. The molecule has 0 aliphatic heterocycles. The number of hydrogen-bond acceptors (Lipinski definition) is 3. The summed E-state index contributed by atoms with van der Waals surface area (Å²) in [6.07, 6.45) is 16.5. The number of aliphatic carboxylic acids is 1. The van der Waals surface area contributed by atoms with Gasteiger partial charge in [-0.25, -0.2) is 0 Å². The first-order valence-electron chi connectivity index (χ1n) is 15.4. The molecule has 1 amide bonds. The number of nitrogens with zero attached hydrogens (tertiary/aromatic N) is 1. The highest BCUT2D eigenvalue weighted by atomic mass is 16.4. The molecule has 0 aromatic heterocycles. The van der Waals surface area contributed by atoms with Gasteiger partial charge in [-0.1, -0.05) is 32.4 Å². The van der Waals surface area contributed by atoms with Crippen molar-refractivity contribution in [1.29, 1.82) is 0 Å². The first-order valence-corrected chi connectivity index (χ1v) is 15.4. The standard InChI is InChI=1S/C32H51NO4/c1-20(5-14-29(35)33(4)23-9-6-21(7-10-23)30(36)37)26-12-13-27-25-11-8-22-19-24(34)15-17-31(22,2)28(25)16-18-32(26,27)3/h8,20-21,23-28,34H,5-7,9-19H2,1-4H3,(H,36,37)/t20-,21-,23+,24+,25+,26-,27+,28+,31+,32-/m1/s1. The number of carbonyl (C=O) groups excluding carboxylic acids is 1. The van der Waals surface area contributed by atoms with Crippen molar-refractivity contribution in [2.24, 2.45) is 46.3 Å². The number of carboxylic acid groups (broad SMARTS) is 1. The molecular weight excluding hydrogens is 462 g/mol. The zero-order valence-corrected chi connectivity index (χ0v) is 23.8. The van der Waals surface area contributed by atoms with E-state index in [4.69, 9.17) is 0 Å². The van der Waals surface area contributed by atoms with E-state index >= 15 is 0 Å². The van der Waals surface area contributed by atoms with Crippen LogP contribution in [0.1, 0.15) is 111 Å². The Kier molecular flexibility index (Phi) is 7.59. The van der Waals surface area contributed by atoms with Crippen molar-refractivity contribution in [2.75, 3.05) is 7.05 Å². The lowest BCUT2D eigenvalue weighted by atomic mass is 9.47. The molecule has 2 N–H and O–H groups in total. The zero-order valence-electron chi connectivity index (χ0n) is 23.8. The summed E-state index contributed by atoms with van der Waals surface area (Å²) in [6, 6.07) is 0.202. The highest BCUT2D eigenvalue weighted by Gasteiger charge is 2.59. The molecule has 5 rings (SSSR count). The summed E-state index contributed by atoms with van der Waals surface area (Å²) < 4.78 is 0. The Labute approximate surface area is 224 Å². The first kappa shape index (κ1) is 27.2. The maximum absolute atomic E-state index is 13.1. The molecule has 0 heterocycles. The molecule has 0 saturated heterocycles. The van der Waals surface area contributed by atoms with Gasteiger partial charge >= 0.3 is 5.97 Å². The van der Waals surface area contributed by atoms with E-state index in [0.29, 0.717) is 41.9 Å². The van der Waals surface area contributed by atoms with Crippen LogP contribution in [0.4, 0.5) is 0 Å². The third-order valence-corrected chi connectivity index (χ3v) is 12.6. The summed E-state index contributed by atoms with van der Waals surface area (Å²) in [5.74, 6) is 2.94. The average Bonchev–Trinajstić information content (AvgIpc) is 3.24. The minimum absolute atomic E-state index is 0.136. The minimum Gasteiger partial charge on any atom is -0.481 e. The third kappa shape index (κ3) is 4.80. The van der Waals surface area contributed by atoms with Crippen LogP contribution in [0.2, 0.25) is 0 Å². The third-order valence-electron chi connectivity index (χ3n) is 12.6. The first-order chi connectivity index (χ1) is 17.5. The molecule has 5 aliphatic rings. The van der Waals surface area contributed by atoms with Crippen molar-refractivity contribution < 1.29 is 19.8 Å².